The molecule has 184 valence electrons. The standard InChI is InChI=1S/C26H28N2O6S/c1-32-20-9-6-18(7-10-20)23-17-19(8-15-25(23)34-3)27-26(29)24-5-4-16-28(24)35(30,31)22-13-11-21(33-2)12-14-22/h6-15,17,24H,4-5,16H2,1-3H3,(H,27,29)/t24-/m0/s1. The van der Waals surface area contributed by atoms with Gasteiger partial charge in [-0.05, 0) is 73.0 Å². The predicted octanol–water partition coefficient (Wildman–Crippen LogP) is 4.17. The van der Waals surface area contributed by atoms with E-state index in [2.05, 4.69) is 5.32 Å². The van der Waals surface area contributed by atoms with Crippen molar-refractivity contribution in [2.75, 3.05) is 33.2 Å². The molecule has 35 heavy (non-hydrogen) atoms. The fourth-order valence-corrected chi connectivity index (χ4v) is 5.84. The van der Waals surface area contributed by atoms with Crippen LogP contribution in [0.3, 0.4) is 0 Å². The van der Waals surface area contributed by atoms with Crippen LogP contribution in [0.15, 0.2) is 71.6 Å². The van der Waals surface area contributed by atoms with E-state index in [4.69, 9.17) is 14.2 Å². The van der Waals surface area contributed by atoms with Gasteiger partial charge in [0, 0.05) is 17.8 Å². The Hall–Kier alpha value is -3.56. The topological polar surface area (TPSA) is 94.2 Å². The average molecular weight is 497 g/mol. The number of methoxy groups -OCH3 is 3. The SMILES string of the molecule is COc1ccc(-c2cc(NC(=O)[C@@H]3CCCN3S(=O)(=O)c3ccc(OC)cc3)ccc2OC)cc1. The van der Waals surface area contributed by atoms with Crippen molar-refractivity contribution in [3.05, 3.63) is 66.7 Å². The summed E-state index contributed by atoms with van der Waals surface area (Å²) in [6.45, 7) is 0.284. The van der Waals surface area contributed by atoms with E-state index in [1.54, 1.807) is 38.5 Å². The molecule has 0 aromatic heterocycles. The maximum absolute atomic E-state index is 13.3. The lowest BCUT2D eigenvalue weighted by atomic mass is 10.0. The van der Waals surface area contributed by atoms with Gasteiger partial charge in [-0.1, -0.05) is 12.1 Å². The Labute approximate surface area is 205 Å². The monoisotopic (exact) mass is 496 g/mol. The summed E-state index contributed by atoms with van der Waals surface area (Å²) < 4.78 is 43.6. The third-order valence-electron chi connectivity index (χ3n) is 6.04. The van der Waals surface area contributed by atoms with Crippen molar-refractivity contribution < 1.29 is 27.4 Å². The summed E-state index contributed by atoms with van der Waals surface area (Å²) >= 11 is 0. The minimum absolute atomic E-state index is 0.129. The van der Waals surface area contributed by atoms with E-state index in [1.807, 2.05) is 30.3 Å². The smallest absolute Gasteiger partial charge is 0.243 e. The molecule has 0 aliphatic carbocycles. The lowest BCUT2D eigenvalue weighted by molar-refractivity contribution is -0.119. The molecule has 0 saturated carbocycles. The zero-order valence-corrected chi connectivity index (χ0v) is 20.7. The van der Waals surface area contributed by atoms with Crippen molar-refractivity contribution in [1.29, 1.82) is 0 Å². The lowest BCUT2D eigenvalue weighted by Crippen LogP contribution is -2.43. The van der Waals surface area contributed by atoms with Crippen LogP contribution in [-0.4, -0.2) is 52.5 Å². The summed E-state index contributed by atoms with van der Waals surface area (Å²) in [5.41, 5.74) is 2.24. The summed E-state index contributed by atoms with van der Waals surface area (Å²) in [7, 11) is 0.872. The van der Waals surface area contributed by atoms with Crippen LogP contribution >= 0.6 is 0 Å². The van der Waals surface area contributed by atoms with Crippen LogP contribution in [0.5, 0.6) is 17.2 Å². The van der Waals surface area contributed by atoms with E-state index in [9.17, 15) is 13.2 Å². The van der Waals surface area contributed by atoms with Crippen LogP contribution in [0.25, 0.3) is 11.1 Å². The van der Waals surface area contributed by atoms with Gasteiger partial charge in [0.1, 0.15) is 23.3 Å². The molecule has 1 atom stereocenters. The maximum atomic E-state index is 13.3. The first kappa shape index (κ1) is 24.6. The van der Waals surface area contributed by atoms with Gasteiger partial charge in [-0.3, -0.25) is 4.79 Å². The molecule has 1 saturated heterocycles. The first-order valence-corrected chi connectivity index (χ1v) is 12.6. The van der Waals surface area contributed by atoms with E-state index < -0.39 is 16.1 Å². The number of carbonyl (C=O) groups is 1. The first-order chi connectivity index (χ1) is 16.9. The Morgan fingerprint density at radius 1 is 0.886 bits per heavy atom. The second kappa shape index (κ2) is 10.4. The van der Waals surface area contributed by atoms with Crippen LogP contribution in [0.1, 0.15) is 12.8 Å². The Balaban J connectivity index is 1.56. The number of anilines is 1. The van der Waals surface area contributed by atoms with Gasteiger partial charge in [-0.25, -0.2) is 8.42 Å². The number of benzene rings is 3. The van der Waals surface area contributed by atoms with E-state index in [0.717, 1.165) is 16.9 Å². The number of ether oxygens (including phenoxy) is 3. The number of hydrogen-bond donors (Lipinski definition) is 1. The minimum Gasteiger partial charge on any atom is -0.497 e. The van der Waals surface area contributed by atoms with Gasteiger partial charge in [-0.2, -0.15) is 4.31 Å². The van der Waals surface area contributed by atoms with Gasteiger partial charge in [0.05, 0.1) is 26.2 Å². The normalized spacial score (nSPS) is 16.0. The summed E-state index contributed by atoms with van der Waals surface area (Å²) in [5, 5.41) is 2.89. The Morgan fingerprint density at radius 3 is 2.11 bits per heavy atom. The second-order valence-electron chi connectivity index (χ2n) is 8.08. The lowest BCUT2D eigenvalue weighted by Gasteiger charge is -2.23. The van der Waals surface area contributed by atoms with Crippen molar-refractivity contribution in [2.24, 2.45) is 0 Å². The summed E-state index contributed by atoms with van der Waals surface area (Å²) in [6.07, 6.45) is 1.05. The molecule has 4 rings (SSSR count). The highest BCUT2D eigenvalue weighted by atomic mass is 32.2. The number of amides is 1. The number of nitrogens with one attached hydrogen (secondary N) is 1. The van der Waals surface area contributed by atoms with Crippen LogP contribution in [0.2, 0.25) is 0 Å². The molecular weight excluding hydrogens is 468 g/mol. The average Bonchev–Trinajstić information content (AvgIpc) is 3.40. The van der Waals surface area contributed by atoms with Crippen molar-refractivity contribution in [1.82, 2.24) is 4.31 Å². The van der Waals surface area contributed by atoms with Crippen molar-refractivity contribution in [3.63, 3.8) is 0 Å². The fourth-order valence-electron chi connectivity index (χ4n) is 4.18. The van der Waals surface area contributed by atoms with Crippen LogP contribution in [-0.2, 0) is 14.8 Å². The molecule has 1 amide bonds. The van der Waals surface area contributed by atoms with Crippen LogP contribution in [0.4, 0.5) is 5.69 Å². The van der Waals surface area contributed by atoms with E-state index in [1.165, 1.54) is 23.5 Å². The van der Waals surface area contributed by atoms with Crippen molar-refractivity contribution >= 4 is 21.6 Å². The molecule has 0 bridgehead atoms. The van der Waals surface area contributed by atoms with Gasteiger partial charge in [0.2, 0.25) is 15.9 Å². The minimum atomic E-state index is -3.83. The molecular formula is C26H28N2O6S. The largest absolute Gasteiger partial charge is 0.497 e. The first-order valence-electron chi connectivity index (χ1n) is 11.2. The summed E-state index contributed by atoms with van der Waals surface area (Å²) in [5.74, 6) is 1.58. The van der Waals surface area contributed by atoms with Crippen molar-refractivity contribution in [3.8, 4) is 28.4 Å². The molecule has 1 N–H and O–H groups in total. The molecule has 0 unspecified atom stereocenters. The molecule has 0 radical (unpaired) electrons. The molecule has 1 heterocycles. The highest BCUT2D eigenvalue weighted by molar-refractivity contribution is 7.89. The molecule has 8 nitrogen and oxygen atoms in total. The van der Waals surface area contributed by atoms with Crippen molar-refractivity contribution in [2.45, 2.75) is 23.8 Å². The predicted molar refractivity (Wildman–Crippen MR) is 134 cm³/mol. The molecule has 0 spiro atoms. The van der Waals surface area contributed by atoms with E-state index in [0.29, 0.717) is 30.0 Å². The van der Waals surface area contributed by atoms with Crippen LogP contribution < -0.4 is 19.5 Å². The third-order valence-corrected chi connectivity index (χ3v) is 7.96. The molecule has 3 aromatic carbocycles. The molecule has 1 fully saturated rings. The number of carbonyl (C=O) groups excluding carboxylic acids is 1. The van der Waals surface area contributed by atoms with Crippen LogP contribution in [0, 0.1) is 0 Å². The number of nitrogens with zero attached hydrogens (tertiary/aromatic N) is 1. The Kier molecular flexibility index (Phi) is 7.28. The molecule has 9 heteroatoms. The van der Waals surface area contributed by atoms with Gasteiger partial charge in [0.15, 0.2) is 0 Å². The zero-order chi connectivity index (χ0) is 25.0. The Morgan fingerprint density at radius 2 is 1.51 bits per heavy atom. The molecule has 3 aromatic rings. The second-order valence-corrected chi connectivity index (χ2v) is 9.97. The quantitative estimate of drug-likeness (QED) is 0.503. The highest BCUT2D eigenvalue weighted by Gasteiger charge is 2.39. The van der Waals surface area contributed by atoms with E-state index >= 15 is 0 Å². The molecule has 1 aliphatic heterocycles. The number of rotatable bonds is 8. The van der Waals surface area contributed by atoms with Gasteiger partial charge < -0.3 is 19.5 Å². The van der Waals surface area contributed by atoms with Gasteiger partial charge >= 0.3 is 0 Å². The fraction of sp³-hybridized carbons (Fsp3) is 0.269. The summed E-state index contributed by atoms with van der Waals surface area (Å²) in [4.78, 5) is 13.3. The highest BCUT2D eigenvalue weighted by Crippen LogP contribution is 2.34. The Bertz CT molecular complexity index is 1290. The maximum Gasteiger partial charge on any atom is 0.243 e. The number of hydrogen-bond acceptors (Lipinski definition) is 6. The number of sulfonamides is 1. The summed E-state index contributed by atoms with van der Waals surface area (Å²) in [6, 6.07) is 18.2. The zero-order valence-electron chi connectivity index (χ0n) is 19.9. The molecule has 1 aliphatic rings. The van der Waals surface area contributed by atoms with Gasteiger partial charge in [-0.15, -0.1) is 0 Å². The van der Waals surface area contributed by atoms with Gasteiger partial charge in [0.25, 0.3) is 0 Å². The third kappa shape index (κ3) is 5.11. The van der Waals surface area contributed by atoms with E-state index in [-0.39, 0.29) is 17.3 Å².